The third-order valence-corrected chi connectivity index (χ3v) is 2.80. The van der Waals surface area contributed by atoms with E-state index in [2.05, 4.69) is 4.98 Å². The van der Waals surface area contributed by atoms with Crippen LogP contribution in [0.5, 0.6) is 5.88 Å². The summed E-state index contributed by atoms with van der Waals surface area (Å²) in [6, 6.07) is 6.44. The number of carbonyl (C=O) groups excluding carboxylic acids is 1. The zero-order chi connectivity index (χ0) is 14.5. The van der Waals surface area contributed by atoms with Crippen molar-refractivity contribution in [2.75, 3.05) is 7.11 Å². The average Bonchev–Trinajstić information content (AvgIpc) is 2.43. The normalized spacial score (nSPS) is 10.3. The number of Topliss-reactive ketones (excluding diaryl/α,β-unsaturated/α-hetero) is 1. The van der Waals surface area contributed by atoms with Crippen molar-refractivity contribution in [3.63, 3.8) is 0 Å². The second kappa shape index (κ2) is 6.23. The molecule has 0 saturated carbocycles. The Morgan fingerprint density at radius 1 is 1.20 bits per heavy atom. The molecule has 104 valence electrons. The van der Waals surface area contributed by atoms with Crippen LogP contribution >= 0.6 is 0 Å². The number of ketones is 1. The van der Waals surface area contributed by atoms with Gasteiger partial charge in [-0.2, -0.15) is 0 Å². The van der Waals surface area contributed by atoms with Crippen molar-refractivity contribution in [3.8, 4) is 5.88 Å². The highest BCUT2D eigenvalue weighted by Crippen LogP contribution is 2.13. The molecule has 0 radical (unpaired) electrons. The number of hydrogen-bond acceptors (Lipinski definition) is 3. The summed E-state index contributed by atoms with van der Waals surface area (Å²) in [6.07, 6.45) is 1.50. The first-order chi connectivity index (χ1) is 9.58. The minimum absolute atomic E-state index is 0.0662. The number of aromatic nitrogens is 1. The molecule has 0 aliphatic rings. The van der Waals surface area contributed by atoms with Crippen molar-refractivity contribution in [3.05, 3.63) is 59.3 Å². The fourth-order valence-electron chi connectivity index (χ4n) is 1.82. The number of ether oxygens (including phenoxy) is 1. The SMILES string of the molecule is COc1ccc(CC(=O)Cc2cc(F)ccc2F)cn1. The van der Waals surface area contributed by atoms with Gasteiger partial charge in [-0.3, -0.25) is 4.79 Å². The number of nitrogens with zero attached hydrogens (tertiary/aromatic N) is 1. The molecule has 20 heavy (non-hydrogen) atoms. The van der Waals surface area contributed by atoms with Gasteiger partial charge in [-0.1, -0.05) is 6.07 Å². The molecule has 0 amide bonds. The predicted molar refractivity (Wildman–Crippen MR) is 69.6 cm³/mol. The van der Waals surface area contributed by atoms with Gasteiger partial charge in [0.25, 0.3) is 0 Å². The molecule has 1 aromatic heterocycles. The number of hydrogen-bond donors (Lipinski definition) is 0. The van der Waals surface area contributed by atoms with Crippen molar-refractivity contribution in [1.29, 1.82) is 0 Å². The van der Waals surface area contributed by atoms with Crippen LogP contribution in [0.1, 0.15) is 11.1 Å². The van der Waals surface area contributed by atoms with Gasteiger partial charge < -0.3 is 4.74 Å². The first-order valence-corrected chi connectivity index (χ1v) is 6.03. The number of rotatable bonds is 5. The van der Waals surface area contributed by atoms with E-state index in [1.54, 1.807) is 12.1 Å². The van der Waals surface area contributed by atoms with Crippen molar-refractivity contribution in [2.45, 2.75) is 12.8 Å². The minimum Gasteiger partial charge on any atom is -0.481 e. The highest BCUT2D eigenvalue weighted by atomic mass is 19.1. The number of pyridine rings is 1. The number of halogens is 2. The van der Waals surface area contributed by atoms with Gasteiger partial charge in [0.15, 0.2) is 0 Å². The second-order valence-electron chi connectivity index (χ2n) is 4.34. The van der Waals surface area contributed by atoms with Gasteiger partial charge in [0.2, 0.25) is 5.88 Å². The van der Waals surface area contributed by atoms with Crippen LogP contribution in [0.15, 0.2) is 36.5 Å². The van der Waals surface area contributed by atoms with E-state index in [0.717, 1.165) is 18.2 Å². The lowest BCUT2D eigenvalue weighted by Crippen LogP contribution is -2.08. The van der Waals surface area contributed by atoms with Gasteiger partial charge >= 0.3 is 0 Å². The van der Waals surface area contributed by atoms with Crippen LogP contribution in [-0.2, 0) is 17.6 Å². The van der Waals surface area contributed by atoms with Crippen LogP contribution in [0.2, 0.25) is 0 Å². The number of benzene rings is 1. The summed E-state index contributed by atoms with van der Waals surface area (Å²) in [4.78, 5) is 15.8. The maximum absolute atomic E-state index is 13.4. The molecular formula is C15H13F2NO2. The molecule has 0 saturated heterocycles. The Morgan fingerprint density at radius 3 is 2.65 bits per heavy atom. The van der Waals surface area contributed by atoms with E-state index in [-0.39, 0.29) is 24.2 Å². The monoisotopic (exact) mass is 277 g/mol. The Balaban J connectivity index is 2.03. The van der Waals surface area contributed by atoms with Gasteiger partial charge in [-0.05, 0) is 29.3 Å². The van der Waals surface area contributed by atoms with E-state index >= 15 is 0 Å². The topological polar surface area (TPSA) is 39.2 Å². The molecule has 1 aromatic carbocycles. The van der Waals surface area contributed by atoms with Crippen LogP contribution < -0.4 is 4.74 Å². The first-order valence-electron chi connectivity index (χ1n) is 6.03. The standard InChI is InChI=1S/C15H13F2NO2/c1-20-15-5-2-10(9-18-15)6-13(19)8-11-7-12(16)3-4-14(11)17/h2-5,7,9H,6,8H2,1H3. The maximum Gasteiger partial charge on any atom is 0.212 e. The third-order valence-electron chi connectivity index (χ3n) is 2.80. The highest BCUT2D eigenvalue weighted by molar-refractivity contribution is 5.83. The van der Waals surface area contributed by atoms with Gasteiger partial charge in [0.05, 0.1) is 7.11 Å². The van der Waals surface area contributed by atoms with Crippen molar-refractivity contribution >= 4 is 5.78 Å². The molecule has 0 N–H and O–H groups in total. The van der Waals surface area contributed by atoms with Gasteiger partial charge in [0.1, 0.15) is 17.4 Å². The molecule has 0 aliphatic heterocycles. The molecule has 2 aromatic rings. The predicted octanol–water partition coefficient (Wildman–Crippen LogP) is 2.72. The Hall–Kier alpha value is -2.30. The smallest absolute Gasteiger partial charge is 0.212 e. The van der Waals surface area contributed by atoms with E-state index in [0.29, 0.717) is 11.4 Å². The zero-order valence-electron chi connectivity index (χ0n) is 10.9. The average molecular weight is 277 g/mol. The van der Waals surface area contributed by atoms with E-state index in [1.165, 1.54) is 13.3 Å². The van der Waals surface area contributed by atoms with E-state index in [1.807, 2.05) is 0 Å². The largest absolute Gasteiger partial charge is 0.481 e. The second-order valence-corrected chi connectivity index (χ2v) is 4.34. The molecule has 0 bridgehead atoms. The summed E-state index contributed by atoms with van der Waals surface area (Å²) in [5, 5.41) is 0. The Labute approximate surface area is 115 Å². The third kappa shape index (κ3) is 3.60. The number of methoxy groups -OCH3 is 1. The van der Waals surface area contributed by atoms with Crippen molar-refractivity contribution in [2.24, 2.45) is 0 Å². The Morgan fingerprint density at radius 2 is 2.00 bits per heavy atom. The van der Waals surface area contributed by atoms with Crippen LogP contribution in [0.3, 0.4) is 0 Å². The van der Waals surface area contributed by atoms with Crippen molar-refractivity contribution in [1.82, 2.24) is 4.98 Å². The molecular weight excluding hydrogens is 264 g/mol. The van der Waals surface area contributed by atoms with E-state index in [9.17, 15) is 13.6 Å². The van der Waals surface area contributed by atoms with Crippen LogP contribution in [-0.4, -0.2) is 17.9 Å². The quantitative estimate of drug-likeness (QED) is 0.843. The molecule has 5 heteroatoms. The molecule has 0 unspecified atom stereocenters. The van der Waals surface area contributed by atoms with Crippen LogP contribution in [0.4, 0.5) is 8.78 Å². The van der Waals surface area contributed by atoms with Gasteiger partial charge in [-0.15, -0.1) is 0 Å². The minimum atomic E-state index is -0.576. The molecule has 1 heterocycles. The van der Waals surface area contributed by atoms with E-state index in [4.69, 9.17) is 4.74 Å². The maximum atomic E-state index is 13.4. The molecule has 0 fully saturated rings. The first kappa shape index (κ1) is 14.1. The molecule has 3 nitrogen and oxygen atoms in total. The van der Waals surface area contributed by atoms with E-state index < -0.39 is 11.6 Å². The molecule has 2 rings (SSSR count). The molecule has 0 atom stereocenters. The summed E-state index contributed by atoms with van der Waals surface area (Å²) in [7, 11) is 1.50. The lowest BCUT2D eigenvalue weighted by Gasteiger charge is -2.04. The molecule has 0 spiro atoms. The summed E-state index contributed by atoms with van der Waals surface area (Å²) in [5.74, 6) is -0.883. The lowest BCUT2D eigenvalue weighted by molar-refractivity contribution is -0.117. The summed E-state index contributed by atoms with van der Waals surface area (Å²) >= 11 is 0. The Bertz CT molecular complexity index is 612. The van der Waals surface area contributed by atoms with Crippen LogP contribution in [0, 0.1) is 11.6 Å². The van der Waals surface area contributed by atoms with Gasteiger partial charge in [0, 0.05) is 25.1 Å². The summed E-state index contributed by atoms with van der Waals surface area (Å²) < 4.78 is 31.3. The number of carbonyl (C=O) groups is 1. The van der Waals surface area contributed by atoms with Crippen molar-refractivity contribution < 1.29 is 18.3 Å². The highest BCUT2D eigenvalue weighted by Gasteiger charge is 2.10. The summed E-state index contributed by atoms with van der Waals surface area (Å²) in [5.41, 5.74) is 0.768. The zero-order valence-corrected chi connectivity index (χ0v) is 10.9. The molecule has 0 aliphatic carbocycles. The fourth-order valence-corrected chi connectivity index (χ4v) is 1.82. The Kier molecular flexibility index (Phi) is 4.40. The van der Waals surface area contributed by atoms with Gasteiger partial charge in [-0.25, -0.2) is 13.8 Å². The fraction of sp³-hybridized carbons (Fsp3) is 0.200. The lowest BCUT2D eigenvalue weighted by atomic mass is 10.0. The van der Waals surface area contributed by atoms with Crippen LogP contribution in [0.25, 0.3) is 0 Å². The summed E-state index contributed by atoms with van der Waals surface area (Å²) in [6.45, 7) is 0.